The molecule has 2 aromatic rings. The molecule has 132 valence electrons. The molecule has 1 aromatic carbocycles. The molecular weight excluding hydrogens is 340 g/mol. The van der Waals surface area contributed by atoms with Crippen LogP contribution in [0, 0.1) is 0 Å². The van der Waals surface area contributed by atoms with Crippen LogP contribution in [0.1, 0.15) is 38.7 Å². The Morgan fingerprint density at radius 1 is 1.36 bits per heavy atom. The van der Waals surface area contributed by atoms with Crippen molar-refractivity contribution in [2.75, 3.05) is 25.5 Å². The van der Waals surface area contributed by atoms with Crippen LogP contribution in [-0.4, -0.2) is 41.9 Å². The highest BCUT2D eigenvalue weighted by Crippen LogP contribution is 2.27. The second-order valence-electron chi connectivity index (χ2n) is 5.70. The third-order valence-corrected chi connectivity index (χ3v) is 4.92. The second kappa shape index (κ2) is 7.62. The number of thiazole rings is 1. The molecule has 0 bridgehead atoms. The monoisotopic (exact) mass is 360 g/mol. The molecule has 1 aliphatic heterocycles. The number of methoxy groups -OCH3 is 1. The van der Waals surface area contributed by atoms with E-state index in [1.807, 2.05) is 4.90 Å². The van der Waals surface area contributed by atoms with Gasteiger partial charge >= 0.3 is 0 Å². The highest BCUT2D eigenvalue weighted by Gasteiger charge is 2.21. The molecule has 0 aliphatic carbocycles. The summed E-state index contributed by atoms with van der Waals surface area (Å²) in [5.74, 6) is 0.0929. The molecule has 1 saturated heterocycles. The van der Waals surface area contributed by atoms with Crippen LogP contribution in [-0.2, 0) is 6.54 Å². The van der Waals surface area contributed by atoms with Crippen LogP contribution in [0.5, 0.6) is 5.75 Å². The van der Waals surface area contributed by atoms with E-state index in [0.29, 0.717) is 34.2 Å². The SMILES string of the molecule is COc1ccc(C(=O)N2CCCC2)cc1NC(=O)c1csc(CN)n1. The summed E-state index contributed by atoms with van der Waals surface area (Å²) in [6.45, 7) is 1.83. The van der Waals surface area contributed by atoms with Crippen LogP contribution >= 0.6 is 11.3 Å². The number of aromatic nitrogens is 1. The van der Waals surface area contributed by atoms with Crippen molar-refractivity contribution in [1.82, 2.24) is 9.88 Å². The number of nitrogens with one attached hydrogen (secondary N) is 1. The normalized spacial score (nSPS) is 13.8. The summed E-state index contributed by atoms with van der Waals surface area (Å²) < 4.78 is 5.29. The Hall–Kier alpha value is -2.45. The van der Waals surface area contributed by atoms with Gasteiger partial charge in [-0.1, -0.05) is 0 Å². The number of hydrogen-bond acceptors (Lipinski definition) is 6. The fourth-order valence-electron chi connectivity index (χ4n) is 2.74. The van der Waals surface area contributed by atoms with Gasteiger partial charge in [0.25, 0.3) is 11.8 Å². The number of nitrogens with two attached hydrogens (primary N) is 1. The zero-order chi connectivity index (χ0) is 17.8. The minimum Gasteiger partial charge on any atom is -0.495 e. The fourth-order valence-corrected chi connectivity index (χ4v) is 3.39. The lowest BCUT2D eigenvalue weighted by atomic mass is 10.1. The van der Waals surface area contributed by atoms with E-state index in [0.717, 1.165) is 25.9 Å². The van der Waals surface area contributed by atoms with Crippen LogP contribution < -0.4 is 15.8 Å². The van der Waals surface area contributed by atoms with Gasteiger partial charge in [0.2, 0.25) is 0 Å². The minimum absolute atomic E-state index is 0.0327. The molecule has 3 N–H and O–H groups in total. The number of ether oxygens (including phenoxy) is 1. The molecule has 1 aliphatic rings. The molecule has 8 heteroatoms. The number of nitrogens with zero attached hydrogens (tertiary/aromatic N) is 2. The topological polar surface area (TPSA) is 97.5 Å². The number of amides is 2. The predicted molar refractivity (Wildman–Crippen MR) is 96.1 cm³/mol. The number of carbonyl (C=O) groups is 2. The third-order valence-electron chi connectivity index (χ3n) is 4.05. The van der Waals surface area contributed by atoms with Crippen LogP contribution in [0.3, 0.4) is 0 Å². The quantitative estimate of drug-likeness (QED) is 0.851. The fraction of sp³-hybridized carbons (Fsp3) is 0.353. The molecule has 0 saturated carbocycles. The summed E-state index contributed by atoms with van der Waals surface area (Å²) in [6.07, 6.45) is 2.05. The number of likely N-dealkylation sites (tertiary alicyclic amines) is 1. The average Bonchev–Trinajstić information content (AvgIpc) is 3.32. The number of rotatable bonds is 5. The molecule has 0 spiro atoms. The highest BCUT2D eigenvalue weighted by atomic mass is 32.1. The zero-order valence-electron chi connectivity index (χ0n) is 13.9. The molecule has 0 unspecified atom stereocenters. The van der Waals surface area contributed by atoms with Crippen LogP contribution in [0.4, 0.5) is 5.69 Å². The standard InChI is InChI=1S/C17H20N4O3S/c1-24-14-5-4-11(17(23)21-6-2-3-7-21)8-12(14)20-16(22)13-10-25-15(9-18)19-13/h4-5,8,10H,2-3,6-7,9,18H2,1H3,(H,20,22). The van der Waals surface area contributed by atoms with Gasteiger partial charge in [0.15, 0.2) is 0 Å². The maximum atomic E-state index is 12.5. The van der Waals surface area contributed by atoms with Gasteiger partial charge in [0.05, 0.1) is 12.8 Å². The molecule has 2 heterocycles. The predicted octanol–water partition coefficient (Wildman–Crippen LogP) is 2.10. The van der Waals surface area contributed by atoms with Gasteiger partial charge in [-0.05, 0) is 31.0 Å². The van der Waals surface area contributed by atoms with Crippen molar-refractivity contribution in [1.29, 1.82) is 0 Å². The molecule has 0 radical (unpaired) electrons. The van der Waals surface area contributed by atoms with Gasteiger partial charge in [-0.25, -0.2) is 4.98 Å². The van der Waals surface area contributed by atoms with Gasteiger partial charge in [0, 0.05) is 30.6 Å². The lowest BCUT2D eigenvalue weighted by molar-refractivity contribution is 0.0792. The molecule has 1 aromatic heterocycles. The van der Waals surface area contributed by atoms with E-state index < -0.39 is 0 Å². The largest absolute Gasteiger partial charge is 0.495 e. The van der Waals surface area contributed by atoms with E-state index in [1.165, 1.54) is 18.4 Å². The third kappa shape index (κ3) is 3.80. The lowest BCUT2D eigenvalue weighted by Crippen LogP contribution is -2.27. The molecule has 2 amide bonds. The number of carbonyl (C=O) groups excluding carboxylic acids is 2. The van der Waals surface area contributed by atoms with Crippen LogP contribution in [0.15, 0.2) is 23.6 Å². The Balaban J connectivity index is 1.82. The van der Waals surface area contributed by atoms with Crippen molar-refractivity contribution in [2.45, 2.75) is 19.4 Å². The van der Waals surface area contributed by atoms with Gasteiger partial charge in [-0.2, -0.15) is 0 Å². The van der Waals surface area contributed by atoms with Crippen molar-refractivity contribution in [2.24, 2.45) is 5.73 Å². The van der Waals surface area contributed by atoms with Crippen LogP contribution in [0.25, 0.3) is 0 Å². The summed E-state index contributed by atoms with van der Waals surface area (Å²) in [5.41, 5.74) is 6.79. The number of benzene rings is 1. The van der Waals surface area contributed by atoms with Gasteiger partial charge in [-0.3, -0.25) is 9.59 Å². The Labute approximate surface area is 149 Å². The first-order chi connectivity index (χ1) is 12.1. The smallest absolute Gasteiger partial charge is 0.275 e. The summed E-state index contributed by atoms with van der Waals surface area (Å²) >= 11 is 1.33. The number of hydrogen-bond donors (Lipinski definition) is 2. The first kappa shape index (κ1) is 17.4. The Morgan fingerprint density at radius 2 is 2.12 bits per heavy atom. The maximum Gasteiger partial charge on any atom is 0.275 e. The van der Waals surface area contributed by atoms with E-state index >= 15 is 0 Å². The molecule has 0 atom stereocenters. The van der Waals surface area contributed by atoms with E-state index in [4.69, 9.17) is 10.5 Å². The Morgan fingerprint density at radius 3 is 2.76 bits per heavy atom. The summed E-state index contributed by atoms with van der Waals surface area (Å²) in [6, 6.07) is 5.05. The highest BCUT2D eigenvalue weighted by molar-refractivity contribution is 7.09. The lowest BCUT2D eigenvalue weighted by Gasteiger charge is -2.17. The Kier molecular flexibility index (Phi) is 5.30. The first-order valence-electron chi connectivity index (χ1n) is 8.05. The minimum atomic E-state index is -0.361. The second-order valence-corrected chi connectivity index (χ2v) is 6.64. The summed E-state index contributed by atoms with van der Waals surface area (Å²) in [4.78, 5) is 30.9. The van der Waals surface area contributed by atoms with E-state index in [2.05, 4.69) is 10.3 Å². The Bertz CT molecular complexity index is 784. The molecule has 25 heavy (non-hydrogen) atoms. The zero-order valence-corrected chi connectivity index (χ0v) is 14.8. The number of anilines is 1. The van der Waals surface area contributed by atoms with Crippen molar-refractivity contribution in [3.63, 3.8) is 0 Å². The summed E-state index contributed by atoms with van der Waals surface area (Å²) in [5, 5.41) is 5.12. The molecule has 1 fully saturated rings. The van der Waals surface area contributed by atoms with Crippen molar-refractivity contribution in [3.8, 4) is 5.75 Å². The van der Waals surface area contributed by atoms with Gasteiger partial charge in [0.1, 0.15) is 16.5 Å². The van der Waals surface area contributed by atoms with E-state index in [1.54, 1.807) is 23.6 Å². The molecule has 3 rings (SSSR count). The van der Waals surface area contributed by atoms with Crippen molar-refractivity contribution in [3.05, 3.63) is 39.8 Å². The van der Waals surface area contributed by atoms with E-state index in [-0.39, 0.29) is 11.8 Å². The van der Waals surface area contributed by atoms with Crippen LogP contribution in [0.2, 0.25) is 0 Å². The first-order valence-corrected chi connectivity index (χ1v) is 8.93. The summed E-state index contributed by atoms with van der Waals surface area (Å²) in [7, 11) is 1.52. The van der Waals surface area contributed by atoms with Crippen molar-refractivity contribution >= 4 is 28.8 Å². The average molecular weight is 360 g/mol. The van der Waals surface area contributed by atoms with E-state index in [9.17, 15) is 9.59 Å². The maximum absolute atomic E-state index is 12.5. The van der Waals surface area contributed by atoms with Gasteiger partial charge in [-0.15, -0.1) is 11.3 Å². The van der Waals surface area contributed by atoms with Gasteiger partial charge < -0.3 is 20.7 Å². The molecular formula is C17H20N4O3S. The molecule has 7 nitrogen and oxygen atoms in total. The van der Waals surface area contributed by atoms with Crippen molar-refractivity contribution < 1.29 is 14.3 Å².